The van der Waals surface area contributed by atoms with Crippen molar-refractivity contribution in [3.8, 4) is 5.82 Å². The first-order chi connectivity index (χ1) is 16.3. The highest BCUT2D eigenvalue weighted by atomic mass is 35.5. The van der Waals surface area contributed by atoms with Gasteiger partial charge in [-0.3, -0.25) is 9.00 Å². The Morgan fingerprint density at radius 2 is 2.00 bits per heavy atom. The minimum atomic E-state index is -1.27. The van der Waals surface area contributed by atoms with E-state index in [9.17, 15) is 9.00 Å². The van der Waals surface area contributed by atoms with Gasteiger partial charge in [0.2, 0.25) is 5.91 Å². The molecule has 2 unspecified atom stereocenters. The molecule has 1 spiro atoms. The van der Waals surface area contributed by atoms with Crippen molar-refractivity contribution >= 4 is 51.2 Å². The summed E-state index contributed by atoms with van der Waals surface area (Å²) in [5.41, 5.74) is 2.97. The minimum Gasteiger partial charge on any atom is -0.324 e. The van der Waals surface area contributed by atoms with Crippen LogP contribution >= 0.6 is 23.2 Å². The average molecular weight is 517 g/mol. The highest BCUT2D eigenvalue weighted by Gasteiger charge is 2.52. The van der Waals surface area contributed by atoms with Gasteiger partial charge in [-0.2, -0.15) is 10.2 Å². The fourth-order valence-corrected chi connectivity index (χ4v) is 5.74. The molecule has 6 rings (SSSR count). The number of nitrogens with one attached hydrogen (secondary N) is 1. The fraction of sp³-hybridized carbons (Fsp3) is 0.333. The van der Waals surface area contributed by atoms with E-state index in [1.807, 2.05) is 0 Å². The molecular formula is C21H18Cl2N8O2S. The zero-order chi connectivity index (χ0) is 23.6. The summed E-state index contributed by atoms with van der Waals surface area (Å²) in [5.74, 6) is -0.252. The van der Waals surface area contributed by atoms with E-state index in [1.54, 1.807) is 22.8 Å². The third kappa shape index (κ3) is 3.33. The van der Waals surface area contributed by atoms with E-state index in [-0.39, 0.29) is 28.1 Å². The lowest BCUT2D eigenvalue weighted by atomic mass is 9.66. The van der Waals surface area contributed by atoms with Gasteiger partial charge in [-0.15, -0.1) is 9.90 Å². The summed E-state index contributed by atoms with van der Waals surface area (Å²) in [5, 5.41) is 16.5. The topological polar surface area (TPSA) is 120 Å². The van der Waals surface area contributed by atoms with Crippen molar-refractivity contribution in [2.45, 2.75) is 42.0 Å². The number of carbonyl (C=O) groups excluding carboxylic acids is 1. The molecule has 4 heterocycles. The van der Waals surface area contributed by atoms with Crippen LogP contribution in [0.5, 0.6) is 0 Å². The molecule has 0 aliphatic heterocycles. The number of anilines is 1. The highest BCUT2D eigenvalue weighted by Crippen LogP contribution is 2.56. The van der Waals surface area contributed by atoms with Gasteiger partial charge in [0.1, 0.15) is 0 Å². The fourth-order valence-electron chi connectivity index (χ4n) is 4.94. The van der Waals surface area contributed by atoms with Crippen LogP contribution in [0.1, 0.15) is 42.9 Å². The lowest BCUT2D eigenvalue weighted by molar-refractivity contribution is -0.117. The van der Waals surface area contributed by atoms with Gasteiger partial charge >= 0.3 is 0 Å². The van der Waals surface area contributed by atoms with Crippen molar-refractivity contribution in [1.82, 2.24) is 34.6 Å². The normalized spacial score (nSPS) is 19.2. The molecule has 10 nitrogen and oxygen atoms in total. The van der Waals surface area contributed by atoms with Crippen LogP contribution in [0.3, 0.4) is 0 Å². The maximum absolute atomic E-state index is 13.4. The first kappa shape index (κ1) is 21.6. The number of pyridine rings is 1. The summed E-state index contributed by atoms with van der Waals surface area (Å²) in [6.07, 6.45) is 9.99. The summed E-state index contributed by atoms with van der Waals surface area (Å²) in [4.78, 5) is 23.3. The number of nitrogens with zero attached hydrogens (tertiary/aromatic N) is 7. The van der Waals surface area contributed by atoms with Crippen LogP contribution in [0.2, 0.25) is 10.2 Å². The standard InChI is InChI=1S/C21H18Cl2N8O2S/c1-34(33)17-10-26-31(29-17)19-14(22)5-11(8-25-19)27-20(32)12-7-21(3-2-4-21)18-13(12)9-24-16-6-15(23)28-30(16)18/h5-6,8-10,12H,2-4,7H2,1H3,(H,27,32). The number of fused-ring (bicyclic) bond motifs is 4. The molecule has 2 aliphatic carbocycles. The van der Waals surface area contributed by atoms with Crippen LogP contribution in [-0.4, -0.2) is 50.9 Å². The van der Waals surface area contributed by atoms with E-state index in [0.717, 1.165) is 30.5 Å². The van der Waals surface area contributed by atoms with Crippen molar-refractivity contribution in [2.24, 2.45) is 0 Å². The second-order valence-electron chi connectivity index (χ2n) is 8.63. The molecule has 1 N–H and O–H groups in total. The minimum absolute atomic E-state index is 0.0868. The largest absolute Gasteiger partial charge is 0.324 e. The summed E-state index contributed by atoms with van der Waals surface area (Å²) >= 11 is 12.5. The third-order valence-corrected chi connectivity index (χ3v) is 7.86. The van der Waals surface area contributed by atoms with Crippen molar-refractivity contribution in [2.75, 3.05) is 11.6 Å². The van der Waals surface area contributed by atoms with Crippen molar-refractivity contribution in [3.63, 3.8) is 0 Å². The van der Waals surface area contributed by atoms with Gasteiger partial charge in [0.25, 0.3) is 0 Å². The molecule has 13 heteroatoms. The molecule has 34 heavy (non-hydrogen) atoms. The highest BCUT2D eigenvalue weighted by molar-refractivity contribution is 7.84. The second kappa shape index (κ2) is 7.82. The Morgan fingerprint density at radius 1 is 1.18 bits per heavy atom. The summed E-state index contributed by atoms with van der Waals surface area (Å²) in [6.45, 7) is 0. The third-order valence-electron chi connectivity index (χ3n) is 6.63. The van der Waals surface area contributed by atoms with Gasteiger partial charge in [-0.05, 0) is 25.3 Å². The molecule has 0 bridgehead atoms. The number of halogens is 2. The van der Waals surface area contributed by atoms with E-state index < -0.39 is 10.8 Å². The molecule has 0 saturated heterocycles. The van der Waals surface area contributed by atoms with Gasteiger partial charge in [-0.25, -0.2) is 14.5 Å². The molecule has 174 valence electrons. The predicted octanol–water partition coefficient (Wildman–Crippen LogP) is 3.30. The number of amides is 1. The number of rotatable bonds is 4. The van der Waals surface area contributed by atoms with Crippen molar-refractivity contribution in [1.29, 1.82) is 0 Å². The molecule has 2 aliphatic rings. The Kier molecular flexibility index (Phi) is 4.98. The van der Waals surface area contributed by atoms with E-state index in [2.05, 4.69) is 30.6 Å². The zero-order valence-corrected chi connectivity index (χ0v) is 20.2. The lowest BCUT2D eigenvalue weighted by Gasteiger charge is -2.39. The molecule has 1 saturated carbocycles. The van der Waals surface area contributed by atoms with E-state index in [1.165, 1.54) is 23.4 Å². The molecule has 4 aromatic rings. The van der Waals surface area contributed by atoms with E-state index in [0.29, 0.717) is 27.9 Å². The van der Waals surface area contributed by atoms with Crippen LogP contribution in [0.25, 0.3) is 11.5 Å². The zero-order valence-electron chi connectivity index (χ0n) is 17.9. The maximum atomic E-state index is 13.4. The molecule has 1 fully saturated rings. The monoisotopic (exact) mass is 516 g/mol. The summed E-state index contributed by atoms with van der Waals surface area (Å²) < 4.78 is 13.4. The number of aromatic nitrogens is 7. The summed E-state index contributed by atoms with van der Waals surface area (Å²) in [6, 6.07) is 3.32. The van der Waals surface area contributed by atoms with Crippen molar-refractivity contribution in [3.05, 3.63) is 52.2 Å². The number of carbonyl (C=O) groups is 1. The molecular weight excluding hydrogens is 499 g/mol. The van der Waals surface area contributed by atoms with Crippen LogP contribution in [-0.2, 0) is 21.0 Å². The van der Waals surface area contributed by atoms with Crippen LogP contribution < -0.4 is 5.32 Å². The number of hydrogen-bond acceptors (Lipinski definition) is 7. The van der Waals surface area contributed by atoms with E-state index in [4.69, 9.17) is 23.2 Å². The van der Waals surface area contributed by atoms with E-state index >= 15 is 0 Å². The Bertz CT molecular complexity index is 1500. The Labute approximate surface area is 206 Å². The van der Waals surface area contributed by atoms with Crippen LogP contribution in [0, 0.1) is 0 Å². The van der Waals surface area contributed by atoms with Gasteiger partial charge in [-0.1, -0.05) is 29.6 Å². The second-order valence-corrected chi connectivity index (χ2v) is 10.8. The average Bonchev–Trinajstić information content (AvgIpc) is 3.47. The first-order valence-corrected chi connectivity index (χ1v) is 12.9. The lowest BCUT2D eigenvalue weighted by Crippen LogP contribution is -2.34. The molecule has 4 aromatic heterocycles. The van der Waals surface area contributed by atoms with Gasteiger partial charge in [0.05, 0.1) is 45.5 Å². The Balaban J connectivity index is 1.29. The van der Waals surface area contributed by atoms with Crippen LogP contribution in [0.4, 0.5) is 5.69 Å². The quantitative estimate of drug-likeness (QED) is 0.441. The maximum Gasteiger partial charge on any atom is 0.232 e. The first-order valence-electron chi connectivity index (χ1n) is 10.6. The Morgan fingerprint density at radius 3 is 2.68 bits per heavy atom. The smallest absolute Gasteiger partial charge is 0.232 e. The van der Waals surface area contributed by atoms with Crippen LogP contribution in [0.15, 0.2) is 35.7 Å². The molecule has 2 atom stereocenters. The summed E-state index contributed by atoms with van der Waals surface area (Å²) in [7, 11) is -1.27. The SMILES string of the molecule is CS(=O)c1cnn(-c2ncc(NC(=O)C3CC4(CCC4)c4c3cnc3cc(Cl)nn43)cc2Cl)n1. The molecule has 0 aromatic carbocycles. The number of hydrogen-bond donors (Lipinski definition) is 1. The molecule has 1 amide bonds. The van der Waals surface area contributed by atoms with Gasteiger partial charge in [0, 0.05) is 29.5 Å². The van der Waals surface area contributed by atoms with Gasteiger partial charge < -0.3 is 5.32 Å². The van der Waals surface area contributed by atoms with Gasteiger partial charge in [0.15, 0.2) is 21.6 Å². The Hall–Kier alpha value is -2.89. The van der Waals surface area contributed by atoms with Crippen molar-refractivity contribution < 1.29 is 9.00 Å². The molecule has 0 radical (unpaired) electrons. The predicted molar refractivity (Wildman–Crippen MR) is 126 cm³/mol.